The number of aromatic nitrogens is 1. The van der Waals surface area contributed by atoms with Gasteiger partial charge in [-0.3, -0.25) is 4.79 Å². The van der Waals surface area contributed by atoms with Crippen LogP contribution < -0.4 is 10.5 Å². The third-order valence-electron chi connectivity index (χ3n) is 6.49. The lowest BCUT2D eigenvalue weighted by molar-refractivity contribution is -0.121. The maximum absolute atomic E-state index is 13.2. The predicted molar refractivity (Wildman–Crippen MR) is 129 cm³/mol. The molecule has 176 valence electrons. The van der Waals surface area contributed by atoms with E-state index in [0.29, 0.717) is 25.3 Å². The molecule has 34 heavy (non-hydrogen) atoms. The van der Waals surface area contributed by atoms with Crippen LogP contribution in [0.2, 0.25) is 0 Å². The van der Waals surface area contributed by atoms with E-state index in [1.165, 1.54) is 0 Å². The van der Waals surface area contributed by atoms with E-state index in [-0.39, 0.29) is 12.5 Å². The molecule has 0 saturated carbocycles. The van der Waals surface area contributed by atoms with Gasteiger partial charge in [0.25, 0.3) is 0 Å². The predicted octanol–water partition coefficient (Wildman–Crippen LogP) is 4.82. The summed E-state index contributed by atoms with van der Waals surface area (Å²) in [6.45, 7) is 2.50. The Morgan fingerprint density at radius 2 is 1.82 bits per heavy atom. The molecule has 1 fully saturated rings. The number of primary amides is 1. The number of pyridine rings is 1. The van der Waals surface area contributed by atoms with Gasteiger partial charge in [-0.05, 0) is 29.7 Å². The first-order chi connectivity index (χ1) is 16.4. The molecule has 0 bridgehead atoms. The number of hydrogen-bond donors (Lipinski definition) is 1. The maximum atomic E-state index is 13.2. The molecule has 7 nitrogen and oxygen atoms in total. The molecule has 1 aromatic heterocycles. The molecule has 7 heteroatoms. The summed E-state index contributed by atoms with van der Waals surface area (Å²) in [7, 11) is 1.59. The second-order valence-electron chi connectivity index (χ2n) is 8.53. The number of ether oxygens (including phenoxy) is 2. The Balaban J connectivity index is 1.49. The van der Waals surface area contributed by atoms with Crippen molar-refractivity contribution < 1.29 is 19.1 Å². The summed E-state index contributed by atoms with van der Waals surface area (Å²) in [6, 6.07) is 21.3. The van der Waals surface area contributed by atoms with Gasteiger partial charge in [0, 0.05) is 43.6 Å². The van der Waals surface area contributed by atoms with E-state index in [1.807, 2.05) is 73.7 Å². The summed E-state index contributed by atoms with van der Waals surface area (Å²) < 4.78 is 11.2. The molecule has 2 heterocycles. The molecule has 0 spiro atoms. The number of hydrogen-bond acceptors (Lipinski definition) is 5. The van der Waals surface area contributed by atoms with E-state index in [4.69, 9.17) is 15.2 Å². The molecule has 4 rings (SSSR count). The smallest absolute Gasteiger partial charge is 0.411 e. The van der Waals surface area contributed by atoms with Crippen molar-refractivity contribution >= 4 is 12.0 Å². The molecule has 0 unspecified atom stereocenters. The first-order valence-corrected chi connectivity index (χ1v) is 11.4. The van der Waals surface area contributed by atoms with E-state index in [0.717, 1.165) is 22.3 Å². The Kier molecular flexibility index (Phi) is 6.82. The normalized spacial score (nSPS) is 18.8. The van der Waals surface area contributed by atoms with Crippen LogP contribution in [-0.2, 0) is 15.1 Å². The van der Waals surface area contributed by atoms with Crippen molar-refractivity contribution in [3.8, 4) is 17.0 Å². The highest BCUT2D eigenvalue weighted by Crippen LogP contribution is 2.40. The third kappa shape index (κ3) is 4.88. The Hall–Kier alpha value is -3.87. The number of carbonyl (C=O) groups is 2. The van der Waals surface area contributed by atoms with Crippen LogP contribution in [0.1, 0.15) is 43.4 Å². The van der Waals surface area contributed by atoms with Crippen molar-refractivity contribution in [3.63, 3.8) is 0 Å². The Labute approximate surface area is 199 Å². The second-order valence-corrected chi connectivity index (χ2v) is 8.53. The minimum Gasteiger partial charge on any atom is -0.481 e. The minimum absolute atomic E-state index is 0.152. The minimum atomic E-state index is -0.852. The van der Waals surface area contributed by atoms with Gasteiger partial charge in [0.1, 0.15) is 5.60 Å². The Bertz CT molecular complexity index is 1130. The first-order valence-electron chi connectivity index (χ1n) is 11.4. The summed E-state index contributed by atoms with van der Waals surface area (Å²) in [6.07, 6.45) is 2.48. The molecule has 0 radical (unpaired) electrons. The van der Waals surface area contributed by atoms with Gasteiger partial charge in [-0.15, -0.1) is 0 Å². The zero-order valence-corrected chi connectivity index (χ0v) is 19.4. The van der Waals surface area contributed by atoms with Crippen molar-refractivity contribution in [1.82, 2.24) is 9.88 Å². The fourth-order valence-corrected chi connectivity index (χ4v) is 4.42. The molecule has 2 N–H and O–H groups in total. The van der Waals surface area contributed by atoms with Gasteiger partial charge in [0.05, 0.1) is 13.2 Å². The summed E-state index contributed by atoms with van der Waals surface area (Å²) in [5.41, 5.74) is 8.45. The number of methoxy groups -OCH3 is 1. The quantitative estimate of drug-likeness (QED) is 0.521. The summed E-state index contributed by atoms with van der Waals surface area (Å²) in [5, 5.41) is 0. The number of amides is 2. The van der Waals surface area contributed by atoms with Gasteiger partial charge in [0.15, 0.2) is 0 Å². The van der Waals surface area contributed by atoms with Crippen molar-refractivity contribution in [3.05, 3.63) is 84.1 Å². The van der Waals surface area contributed by atoms with Gasteiger partial charge >= 0.3 is 6.09 Å². The molecule has 2 aromatic carbocycles. The molecule has 1 aliphatic rings. The average molecular weight is 460 g/mol. The van der Waals surface area contributed by atoms with Crippen molar-refractivity contribution in [2.45, 2.75) is 37.8 Å². The summed E-state index contributed by atoms with van der Waals surface area (Å²) in [5.74, 6) is 0.161. The molecular weight excluding hydrogens is 430 g/mol. The SMILES string of the molecule is COc1ccc(-c2ccc([C@H](C)N3CC[C@@](CCC(N)=O)(c4ccccc4)OC3=O)cc2)cn1. The van der Waals surface area contributed by atoms with Gasteiger partial charge in [-0.1, -0.05) is 54.6 Å². The zero-order valence-electron chi connectivity index (χ0n) is 19.4. The van der Waals surface area contributed by atoms with Crippen LogP contribution in [-0.4, -0.2) is 35.5 Å². The van der Waals surface area contributed by atoms with Crippen molar-refractivity contribution in [2.75, 3.05) is 13.7 Å². The van der Waals surface area contributed by atoms with E-state index >= 15 is 0 Å². The highest BCUT2D eigenvalue weighted by Gasteiger charge is 2.43. The maximum Gasteiger partial charge on any atom is 0.411 e. The third-order valence-corrected chi connectivity index (χ3v) is 6.49. The van der Waals surface area contributed by atoms with E-state index in [2.05, 4.69) is 4.98 Å². The lowest BCUT2D eigenvalue weighted by Crippen LogP contribution is -2.49. The van der Waals surface area contributed by atoms with Crippen LogP contribution in [0, 0.1) is 0 Å². The van der Waals surface area contributed by atoms with E-state index in [1.54, 1.807) is 18.2 Å². The largest absolute Gasteiger partial charge is 0.481 e. The van der Waals surface area contributed by atoms with Gasteiger partial charge in [0.2, 0.25) is 11.8 Å². The monoisotopic (exact) mass is 459 g/mol. The van der Waals surface area contributed by atoms with Gasteiger partial charge < -0.3 is 20.1 Å². The zero-order chi connectivity index (χ0) is 24.1. The van der Waals surface area contributed by atoms with Gasteiger partial charge in [-0.25, -0.2) is 9.78 Å². The Morgan fingerprint density at radius 1 is 1.12 bits per heavy atom. The second kappa shape index (κ2) is 9.95. The summed E-state index contributed by atoms with van der Waals surface area (Å²) in [4.78, 5) is 30.6. The van der Waals surface area contributed by atoms with Crippen LogP contribution in [0.25, 0.3) is 11.1 Å². The lowest BCUT2D eigenvalue weighted by Gasteiger charge is -2.43. The number of rotatable bonds is 8. The van der Waals surface area contributed by atoms with Crippen LogP contribution in [0.5, 0.6) is 5.88 Å². The average Bonchev–Trinajstić information content (AvgIpc) is 2.88. The van der Waals surface area contributed by atoms with Crippen LogP contribution >= 0.6 is 0 Å². The molecule has 1 aliphatic heterocycles. The van der Waals surface area contributed by atoms with Crippen molar-refractivity contribution in [2.24, 2.45) is 5.73 Å². The summed E-state index contributed by atoms with van der Waals surface area (Å²) >= 11 is 0. The first kappa shape index (κ1) is 23.3. The topological polar surface area (TPSA) is 94.8 Å². The Morgan fingerprint density at radius 3 is 2.41 bits per heavy atom. The highest BCUT2D eigenvalue weighted by molar-refractivity contribution is 5.74. The molecule has 2 atom stereocenters. The highest BCUT2D eigenvalue weighted by atomic mass is 16.6. The fraction of sp³-hybridized carbons (Fsp3) is 0.296. The molecule has 1 saturated heterocycles. The fourth-order valence-electron chi connectivity index (χ4n) is 4.42. The standard InChI is InChI=1S/C27H29N3O4/c1-19(20-8-10-21(11-9-20)22-12-13-25(33-2)29-18-22)30-17-16-27(34-26(30)32,15-14-24(28)31)23-6-4-3-5-7-23/h3-13,18-19H,14-17H2,1-2H3,(H2,28,31)/t19-,27-/m0/s1. The number of cyclic esters (lactones) is 1. The number of benzene rings is 2. The molecule has 2 amide bonds. The van der Waals surface area contributed by atoms with Crippen LogP contribution in [0.15, 0.2) is 72.9 Å². The van der Waals surface area contributed by atoms with Crippen molar-refractivity contribution in [1.29, 1.82) is 0 Å². The van der Waals surface area contributed by atoms with Crippen LogP contribution in [0.3, 0.4) is 0 Å². The number of carbonyl (C=O) groups excluding carboxylic acids is 2. The molecule has 0 aliphatic carbocycles. The molecular formula is C27H29N3O4. The van der Waals surface area contributed by atoms with E-state index < -0.39 is 17.6 Å². The number of nitrogens with two attached hydrogens (primary N) is 1. The number of nitrogens with zero attached hydrogens (tertiary/aromatic N) is 2. The molecule has 3 aromatic rings. The van der Waals surface area contributed by atoms with Gasteiger partial charge in [-0.2, -0.15) is 0 Å². The van der Waals surface area contributed by atoms with E-state index in [9.17, 15) is 9.59 Å². The lowest BCUT2D eigenvalue weighted by atomic mass is 9.84. The van der Waals surface area contributed by atoms with Crippen LogP contribution in [0.4, 0.5) is 4.79 Å².